The number of hydrogen-bond donors (Lipinski definition) is 2. The second-order valence-electron chi connectivity index (χ2n) is 5.65. The number of nitrogens with zero attached hydrogens (tertiary/aromatic N) is 2. The Hall–Kier alpha value is -3.62. The summed E-state index contributed by atoms with van der Waals surface area (Å²) in [6, 6.07) is 11.7. The van der Waals surface area contributed by atoms with Crippen molar-refractivity contribution in [3.8, 4) is 5.75 Å². The van der Waals surface area contributed by atoms with E-state index < -0.39 is 17.6 Å². The van der Waals surface area contributed by atoms with E-state index in [2.05, 4.69) is 20.6 Å². The van der Waals surface area contributed by atoms with Gasteiger partial charge in [0.05, 0.1) is 23.9 Å². The molecule has 0 spiro atoms. The molecule has 1 amide bonds. The van der Waals surface area contributed by atoms with Crippen molar-refractivity contribution in [2.45, 2.75) is 6.18 Å². The molecule has 0 saturated carbocycles. The quantitative estimate of drug-likeness (QED) is 0.673. The second-order valence-corrected chi connectivity index (χ2v) is 5.65. The first kappa shape index (κ1) is 19.2. The molecule has 3 rings (SSSR count). The zero-order chi connectivity index (χ0) is 20.1. The number of anilines is 3. The topological polar surface area (TPSA) is 76.1 Å². The van der Waals surface area contributed by atoms with Crippen LogP contribution in [0.4, 0.5) is 30.5 Å². The summed E-state index contributed by atoms with van der Waals surface area (Å²) in [5.41, 5.74) is -0.303. The molecule has 0 atom stereocenters. The predicted octanol–water partition coefficient (Wildman–Crippen LogP) is 4.50. The molecule has 2 aromatic carbocycles. The Morgan fingerprint density at radius 1 is 1.00 bits per heavy atom. The normalized spacial score (nSPS) is 11.0. The van der Waals surface area contributed by atoms with Gasteiger partial charge in [0.15, 0.2) is 0 Å². The van der Waals surface area contributed by atoms with Crippen molar-refractivity contribution >= 4 is 23.2 Å². The molecule has 1 aromatic heterocycles. The summed E-state index contributed by atoms with van der Waals surface area (Å²) in [5.74, 6) is 0.140. The van der Waals surface area contributed by atoms with E-state index in [1.807, 2.05) is 0 Å². The van der Waals surface area contributed by atoms with Gasteiger partial charge in [-0.3, -0.25) is 4.79 Å². The molecule has 0 aliphatic rings. The van der Waals surface area contributed by atoms with Crippen molar-refractivity contribution < 1.29 is 22.7 Å². The van der Waals surface area contributed by atoms with Gasteiger partial charge in [0, 0.05) is 18.1 Å². The molecule has 0 bridgehead atoms. The number of halogens is 3. The van der Waals surface area contributed by atoms with Crippen molar-refractivity contribution in [3.05, 3.63) is 72.1 Å². The van der Waals surface area contributed by atoms with Crippen molar-refractivity contribution in [2.75, 3.05) is 17.7 Å². The van der Waals surface area contributed by atoms with Crippen LogP contribution in [-0.4, -0.2) is 23.0 Å². The highest BCUT2D eigenvalue weighted by atomic mass is 19.4. The number of benzene rings is 2. The van der Waals surface area contributed by atoms with E-state index in [4.69, 9.17) is 4.74 Å². The summed E-state index contributed by atoms with van der Waals surface area (Å²) in [7, 11) is 1.54. The van der Waals surface area contributed by atoms with Gasteiger partial charge in [-0.25, -0.2) is 9.97 Å². The number of carbonyl (C=O) groups is 1. The fraction of sp³-hybridized carbons (Fsp3) is 0.105. The Bertz CT molecular complexity index is 958. The molecule has 0 aliphatic heterocycles. The van der Waals surface area contributed by atoms with Gasteiger partial charge < -0.3 is 15.4 Å². The largest absolute Gasteiger partial charge is 0.497 e. The average molecular weight is 388 g/mol. The molecule has 2 N–H and O–H groups in total. The van der Waals surface area contributed by atoms with Crippen molar-refractivity contribution in [1.29, 1.82) is 0 Å². The van der Waals surface area contributed by atoms with E-state index >= 15 is 0 Å². The number of nitrogens with one attached hydrogen (secondary N) is 2. The fourth-order valence-corrected chi connectivity index (χ4v) is 2.35. The van der Waals surface area contributed by atoms with E-state index in [0.717, 1.165) is 6.07 Å². The number of alkyl halides is 3. The standard InChI is InChI=1S/C19H15F3N4O2/c1-28-14-8-6-13(7-9-14)25-17(27)12-10-23-18(24-11-12)26-16-5-3-2-4-15(16)19(20,21)22/h2-11H,1H3,(H,25,27)(H,23,24,26). The maximum atomic E-state index is 13.0. The van der Waals surface area contributed by atoms with Crippen LogP contribution in [0.5, 0.6) is 5.75 Å². The molecule has 144 valence electrons. The van der Waals surface area contributed by atoms with E-state index in [1.165, 1.54) is 37.7 Å². The summed E-state index contributed by atoms with van der Waals surface area (Å²) >= 11 is 0. The van der Waals surface area contributed by atoms with Crippen LogP contribution < -0.4 is 15.4 Å². The molecule has 9 heteroatoms. The number of hydrogen-bond acceptors (Lipinski definition) is 5. The van der Waals surface area contributed by atoms with E-state index in [9.17, 15) is 18.0 Å². The lowest BCUT2D eigenvalue weighted by molar-refractivity contribution is -0.136. The summed E-state index contributed by atoms with van der Waals surface area (Å²) in [5, 5.41) is 5.18. The number of ether oxygens (including phenoxy) is 1. The Balaban J connectivity index is 1.70. The maximum Gasteiger partial charge on any atom is 0.418 e. The number of methoxy groups -OCH3 is 1. The lowest BCUT2D eigenvalue weighted by Crippen LogP contribution is -2.13. The van der Waals surface area contributed by atoms with Gasteiger partial charge in [0.2, 0.25) is 5.95 Å². The highest BCUT2D eigenvalue weighted by molar-refractivity contribution is 6.03. The van der Waals surface area contributed by atoms with Gasteiger partial charge in [-0.15, -0.1) is 0 Å². The summed E-state index contributed by atoms with van der Waals surface area (Å²) in [6.45, 7) is 0. The highest BCUT2D eigenvalue weighted by Crippen LogP contribution is 2.35. The van der Waals surface area contributed by atoms with Crippen LogP contribution in [0, 0.1) is 0 Å². The number of carbonyl (C=O) groups excluding carboxylic acids is 1. The van der Waals surface area contributed by atoms with Gasteiger partial charge in [-0.2, -0.15) is 13.2 Å². The van der Waals surface area contributed by atoms with Crippen molar-refractivity contribution in [2.24, 2.45) is 0 Å². The van der Waals surface area contributed by atoms with Gasteiger partial charge >= 0.3 is 6.18 Å². The van der Waals surface area contributed by atoms with Crippen LogP contribution in [0.3, 0.4) is 0 Å². The minimum atomic E-state index is -4.51. The van der Waals surface area contributed by atoms with Gasteiger partial charge in [0.25, 0.3) is 5.91 Å². The first-order valence-electron chi connectivity index (χ1n) is 8.07. The van der Waals surface area contributed by atoms with Crippen LogP contribution in [-0.2, 0) is 6.18 Å². The average Bonchev–Trinajstić information content (AvgIpc) is 2.69. The third kappa shape index (κ3) is 4.56. The van der Waals surface area contributed by atoms with Gasteiger partial charge in [-0.1, -0.05) is 12.1 Å². The fourth-order valence-electron chi connectivity index (χ4n) is 2.35. The molecular weight excluding hydrogens is 373 g/mol. The van der Waals surface area contributed by atoms with Crippen LogP contribution >= 0.6 is 0 Å². The number of amides is 1. The van der Waals surface area contributed by atoms with Gasteiger partial charge in [0.1, 0.15) is 5.75 Å². The Morgan fingerprint density at radius 2 is 1.64 bits per heavy atom. The first-order chi connectivity index (χ1) is 13.4. The number of aromatic nitrogens is 2. The molecule has 0 unspecified atom stereocenters. The smallest absolute Gasteiger partial charge is 0.418 e. The lowest BCUT2D eigenvalue weighted by atomic mass is 10.1. The van der Waals surface area contributed by atoms with Gasteiger partial charge in [-0.05, 0) is 36.4 Å². The summed E-state index contributed by atoms with van der Waals surface area (Å²) < 4.78 is 44.1. The monoisotopic (exact) mass is 388 g/mol. The Kier molecular flexibility index (Phi) is 5.44. The molecule has 1 heterocycles. The molecule has 28 heavy (non-hydrogen) atoms. The summed E-state index contributed by atoms with van der Waals surface area (Å²) in [6.07, 6.45) is -2.06. The summed E-state index contributed by atoms with van der Waals surface area (Å²) in [4.78, 5) is 20.1. The van der Waals surface area contributed by atoms with Crippen LogP contribution in [0.1, 0.15) is 15.9 Å². The molecule has 6 nitrogen and oxygen atoms in total. The molecule has 0 radical (unpaired) electrons. The number of rotatable bonds is 5. The Morgan fingerprint density at radius 3 is 2.25 bits per heavy atom. The second kappa shape index (κ2) is 7.95. The van der Waals surface area contributed by atoms with Crippen LogP contribution in [0.15, 0.2) is 60.9 Å². The lowest BCUT2D eigenvalue weighted by Gasteiger charge is -2.13. The minimum Gasteiger partial charge on any atom is -0.497 e. The van der Waals surface area contributed by atoms with E-state index in [1.54, 1.807) is 24.3 Å². The molecular formula is C19H15F3N4O2. The Labute approximate surface area is 158 Å². The molecule has 0 aliphatic carbocycles. The van der Waals surface area contributed by atoms with Crippen molar-refractivity contribution in [3.63, 3.8) is 0 Å². The molecule has 0 fully saturated rings. The third-order valence-corrected chi connectivity index (χ3v) is 3.74. The number of para-hydroxylation sites is 1. The zero-order valence-corrected chi connectivity index (χ0v) is 14.6. The van der Waals surface area contributed by atoms with Crippen LogP contribution in [0.25, 0.3) is 0 Å². The SMILES string of the molecule is COc1ccc(NC(=O)c2cnc(Nc3ccccc3C(F)(F)F)nc2)cc1. The maximum absolute atomic E-state index is 13.0. The molecule has 0 saturated heterocycles. The van der Waals surface area contributed by atoms with Crippen LogP contribution in [0.2, 0.25) is 0 Å². The third-order valence-electron chi connectivity index (χ3n) is 3.74. The predicted molar refractivity (Wildman–Crippen MR) is 97.7 cm³/mol. The first-order valence-corrected chi connectivity index (χ1v) is 8.07. The molecule has 3 aromatic rings. The van der Waals surface area contributed by atoms with E-state index in [0.29, 0.717) is 11.4 Å². The highest BCUT2D eigenvalue weighted by Gasteiger charge is 2.33. The van der Waals surface area contributed by atoms with Crippen molar-refractivity contribution in [1.82, 2.24) is 9.97 Å². The minimum absolute atomic E-state index is 0.0577. The zero-order valence-electron chi connectivity index (χ0n) is 14.6. The van der Waals surface area contributed by atoms with E-state index in [-0.39, 0.29) is 17.2 Å².